The summed E-state index contributed by atoms with van der Waals surface area (Å²) in [6.45, 7) is 8.29. The maximum atomic E-state index is 12.1. The molecule has 0 aliphatic carbocycles. The maximum absolute atomic E-state index is 12.1. The summed E-state index contributed by atoms with van der Waals surface area (Å²) < 4.78 is 32.0. The van der Waals surface area contributed by atoms with Crippen LogP contribution in [-0.2, 0) is 14.8 Å². The maximum Gasteiger partial charge on any atom is 0.260 e. The highest BCUT2D eigenvalue weighted by Crippen LogP contribution is 2.27. The number of ether oxygens (including phenoxy) is 1. The van der Waals surface area contributed by atoms with Gasteiger partial charge in [-0.1, -0.05) is 11.6 Å². The van der Waals surface area contributed by atoms with Gasteiger partial charge in [-0.2, -0.15) is 0 Å². The van der Waals surface area contributed by atoms with Crippen molar-refractivity contribution in [1.29, 1.82) is 0 Å². The fourth-order valence-electron chi connectivity index (χ4n) is 1.95. The summed E-state index contributed by atoms with van der Waals surface area (Å²) in [6, 6.07) is 3.94. The molecule has 0 spiro atoms. The number of nitrogens with one attached hydrogen (secondary N) is 1. The lowest BCUT2D eigenvalue weighted by atomic mass is 10.3. The van der Waals surface area contributed by atoms with Crippen molar-refractivity contribution in [2.75, 3.05) is 19.7 Å². The average Bonchev–Trinajstić information content (AvgIpc) is 2.45. The zero-order valence-corrected chi connectivity index (χ0v) is 15.4. The van der Waals surface area contributed by atoms with Gasteiger partial charge in [-0.05, 0) is 45.9 Å². The summed E-state index contributed by atoms with van der Waals surface area (Å²) >= 11 is 6.06. The predicted molar refractivity (Wildman–Crippen MR) is 90.3 cm³/mol. The Balaban J connectivity index is 2.83. The third-order valence-electron chi connectivity index (χ3n) is 3.07. The number of amides is 1. The molecule has 0 atom stereocenters. The van der Waals surface area contributed by atoms with Gasteiger partial charge >= 0.3 is 0 Å². The molecule has 1 amide bonds. The highest BCUT2D eigenvalue weighted by atomic mass is 35.5. The van der Waals surface area contributed by atoms with Gasteiger partial charge in [-0.3, -0.25) is 4.79 Å². The monoisotopic (exact) mass is 362 g/mol. The quantitative estimate of drug-likeness (QED) is 0.769. The van der Waals surface area contributed by atoms with Crippen LogP contribution in [0.3, 0.4) is 0 Å². The first-order valence-electron chi connectivity index (χ1n) is 7.43. The van der Waals surface area contributed by atoms with Crippen molar-refractivity contribution >= 4 is 27.5 Å². The van der Waals surface area contributed by atoms with Gasteiger partial charge in [0.2, 0.25) is 10.0 Å². The van der Waals surface area contributed by atoms with Crippen molar-refractivity contribution in [3.8, 4) is 5.75 Å². The standard InChI is InChI=1S/C15H23ClN2O4S/c1-5-18(6-2)15(19)10-22-14-8-7-12(9-13(14)16)23(20,21)17-11(3)4/h7-9,11,17H,5-6,10H2,1-4H3. The topological polar surface area (TPSA) is 75.7 Å². The van der Waals surface area contributed by atoms with E-state index in [2.05, 4.69) is 4.72 Å². The summed E-state index contributed by atoms with van der Waals surface area (Å²) in [5.74, 6) is 0.125. The van der Waals surface area contributed by atoms with Crippen molar-refractivity contribution in [3.05, 3.63) is 23.2 Å². The molecule has 0 radical (unpaired) electrons. The van der Waals surface area contributed by atoms with E-state index in [1.807, 2.05) is 13.8 Å². The molecule has 0 aliphatic rings. The normalized spacial score (nSPS) is 11.6. The molecule has 130 valence electrons. The summed E-state index contributed by atoms with van der Waals surface area (Å²) in [4.78, 5) is 13.6. The van der Waals surface area contributed by atoms with Crippen molar-refractivity contribution in [2.45, 2.75) is 38.6 Å². The molecule has 0 saturated heterocycles. The van der Waals surface area contributed by atoms with Crippen LogP contribution in [0.4, 0.5) is 0 Å². The van der Waals surface area contributed by atoms with Crippen LogP contribution in [0.5, 0.6) is 5.75 Å². The highest BCUT2D eigenvalue weighted by molar-refractivity contribution is 7.89. The number of nitrogens with zero attached hydrogens (tertiary/aromatic N) is 1. The van der Waals surface area contributed by atoms with Crippen LogP contribution in [0.25, 0.3) is 0 Å². The molecule has 1 N–H and O–H groups in total. The molecule has 1 aromatic carbocycles. The van der Waals surface area contributed by atoms with Crippen LogP contribution in [0.2, 0.25) is 5.02 Å². The first kappa shape index (κ1) is 19.7. The Morgan fingerprint density at radius 3 is 2.39 bits per heavy atom. The Hall–Kier alpha value is -1.31. The minimum Gasteiger partial charge on any atom is -0.482 e. The molecule has 1 rings (SSSR count). The Morgan fingerprint density at radius 2 is 1.91 bits per heavy atom. The van der Waals surface area contributed by atoms with Gasteiger partial charge in [-0.25, -0.2) is 13.1 Å². The van der Waals surface area contributed by atoms with E-state index >= 15 is 0 Å². The van der Waals surface area contributed by atoms with Gasteiger partial charge < -0.3 is 9.64 Å². The number of rotatable bonds is 8. The SMILES string of the molecule is CCN(CC)C(=O)COc1ccc(S(=O)(=O)NC(C)C)cc1Cl. The van der Waals surface area contributed by atoms with E-state index < -0.39 is 10.0 Å². The van der Waals surface area contributed by atoms with Gasteiger partial charge in [0, 0.05) is 19.1 Å². The number of hydrogen-bond acceptors (Lipinski definition) is 4. The summed E-state index contributed by atoms with van der Waals surface area (Å²) in [6.07, 6.45) is 0. The Bertz CT molecular complexity index is 643. The summed E-state index contributed by atoms with van der Waals surface area (Å²) in [5, 5.41) is 0.143. The molecular formula is C15H23ClN2O4S. The Kier molecular flexibility index (Phi) is 7.31. The van der Waals surface area contributed by atoms with Gasteiger partial charge in [-0.15, -0.1) is 0 Å². The molecule has 0 aromatic heterocycles. The lowest BCUT2D eigenvalue weighted by Gasteiger charge is -2.19. The second kappa shape index (κ2) is 8.52. The van der Waals surface area contributed by atoms with Crippen LogP contribution in [-0.4, -0.2) is 45.0 Å². The number of likely N-dealkylation sites (N-methyl/N-ethyl adjacent to an activating group) is 1. The number of carbonyl (C=O) groups is 1. The van der Waals surface area contributed by atoms with Crippen molar-refractivity contribution in [1.82, 2.24) is 9.62 Å². The highest BCUT2D eigenvalue weighted by Gasteiger charge is 2.18. The molecule has 23 heavy (non-hydrogen) atoms. The third kappa shape index (κ3) is 5.67. The largest absolute Gasteiger partial charge is 0.482 e. The smallest absolute Gasteiger partial charge is 0.260 e. The van der Waals surface area contributed by atoms with E-state index in [9.17, 15) is 13.2 Å². The van der Waals surface area contributed by atoms with Crippen LogP contribution < -0.4 is 9.46 Å². The second-order valence-corrected chi connectivity index (χ2v) is 7.34. The van der Waals surface area contributed by atoms with E-state index in [-0.39, 0.29) is 34.2 Å². The fraction of sp³-hybridized carbons (Fsp3) is 0.533. The summed E-state index contributed by atoms with van der Waals surface area (Å²) in [5.41, 5.74) is 0. The molecule has 0 unspecified atom stereocenters. The number of carbonyl (C=O) groups excluding carboxylic acids is 1. The summed E-state index contributed by atoms with van der Waals surface area (Å²) in [7, 11) is -3.62. The zero-order valence-electron chi connectivity index (χ0n) is 13.8. The van der Waals surface area contributed by atoms with Gasteiger partial charge in [0.05, 0.1) is 9.92 Å². The van der Waals surface area contributed by atoms with Gasteiger partial charge in [0.1, 0.15) is 5.75 Å². The second-order valence-electron chi connectivity index (χ2n) is 5.22. The van der Waals surface area contributed by atoms with Crippen LogP contribution in [0.15, 0.2) is 23.1 Å². The first-order chi connectivity index (χ1) is 10.7. The van der Waals surface area contributed by atoms with Crippen LogP contribution in [0, 0.1) is 0 Å². The van der Waals surface area contributed by atoms with Crippen molar-refractivity contribution in [2.24, 2.45) is 0 Å². The van der Waals surface area contributed by atoms with E-state index in [0.717, 1.165) is 0 Å². The average molecular weight is 363 g/mol. The minimum atomic E-state index is -3.62. The first-order valence-corrected chi connectivity index (χ1v) is 9.29. The van der Waals surface area contributed by atoms with Gasteiger partial charge in [0.15, 0.2) is 6.61 Å². The van der Waals surface area contributed by atoms with Crippen LogP contribution >= 0.6 is 11.6 Å². The molecular weight excluding hydrogens is 340 g/mol. The van der Waals surface area contributed by atoms with E-state index in [1.165, 1.54) is 18.2 Å². The molecule has 0 heterocycles. The molecule has 6 nitrogen and oxygen atoms in total. The lowest BCUT2D eigenvalue weighted by Crippen LogP contribution is -2.34. The van der Waals surface area contributed by atoms with E-state index in [4.69, 9.17) is 16.3 Å². The third-order valence-corrected chi connectivity index (χ3v) is 5.02. The predicted octanol–water partition coefficient (Wildman–Crippen LogP) is 2.27. The number of halogens is 1. The number of hydrogen-bond donors (Lipinski definition) is 1. The van der Waals surface area contributed by atoms with E-state index in [1.54, 1.807) is 18.7 Å². The molecule has 0 fully saturated rings. The minimum absolute atomic E-state index is 0.0543. The van der Waals surface area contributed by atoms with Crippen LogP contribution in [0.1, 0.15) is 27.7 Å². The molecule has 0 saturated carbocycles. The van der Waals surface area contributed by atoms with Crippen molar-refractivity contribution in [3.63, 3.8) is 0 Å². The Morgan fingerprint density at radius 1 is 1.30 bits per heavy atom. The zero-order chi connectivity index (χ0) is 17.6. The molecule has 1 aromatic rings. The lowest BCUT2D eigenvalue weighted by molar-refractivity contribution is -0.132. The number of benzene rings is 1. The van der Waals surface area contributed by atoms with Crippen molar-refractivity contribution < 1.29 is 17.9 Å². The molecule has 8 heteroatoms. The van der Waals surface area contributed by atoms with E-state index in [0.29, 0.717) is 13.1 Å². The fourth-order valence-corrected chi connectivity index (χ4v) is 3.53. The molecule has 0 bridgehead atoms. The Labute approximate surface area is 142 Å². The van der Waals surface area contributed by atoms with Gasteiger partial charge in [0.25, 0.3) is 5.91 Å². The molecule has 0 aliphatic heterocycles. The number of sulfonamides is 1.